The van der Waals surface area contributed by atoms with E-state index in [1.165, 1.54) is 0 Å². The van der Waals surface area contributed by atoms with Gasteiger partial charge in [0, 0.05) is 25.2 Å². The van der Waals surface area contributed by atoms with Crippen molar-refractivity contribution in [2.24, 2.45) is 11.3 Å². The second-order valence-corrected chi connectivity index (χ2v) is 11.2. The molecular weight excluding hydrogens is 368 g/mol. The van der Waals surface area contributed by atoms with Crippen LogP contribution in [0.5, 0.6) is 0 Å². The van der Waals surface area contributed by atoms with Gasteiger partial charge in [-0.1, -0.05) is 19.3 Å². The summed E-state index contributed by atoms with van der Waals surface area (Å²) >= 11 is 0. The third kappa shape index (κ3) is 3.50. The van der Waals surface area contributed by atoms with E-state index in [4.69, 9.17) is 0 Å². The number of fused-ring (bicyclic) bond motifs is 1. The van der Waals surface area contributed by atoms with Gasteiger partial charge in [-0.25, -0.2) is 8.42 Å². The molecule has 1 unspecified atom stereocenters. The number of carbonyl (C=O) groups is 2. The molecule has 2 saturated carbocycles. The lowest BCUT2D eigenvalue weighted by Crippen LogP contribution is -2.50. The summed E-state index contributed by atoms with van der Waals surface area (Å²) in [6.07, 6.45) is 7.17. The first kappa shape index (κ1) is 19.2. The number of aliphatic carboxylic acids is 1. The minimum Gasteiger partial charge on any atom is -0.481 e. The lowest BCUT2D eigenvalue weighted by molar-refractivity contribution is -0.150. The SMILES string of the molecule is O=C(CN1C[C@@H]2CCC[C@@]2(C(=O)O)C1)N(C1CCCC1)C1CCS(=O)(=O)C1. The lowest BCUT2D eigenvalue weighted by Gasteiger charge is -2.35. The van der Waals surface area contributed by atoms with Crippen molar-refractivity contribution in [1.82, 2.24) is 9.80 Å². The first-order valence-corrected chi connectivity index (χ1v) is 12.1. The molecule has 8 heteroatoms. The van der Waals surface area contributed by atoms with Crippen LogP contribution in [0.15, 0.2) is 0 Å². The van der Waals surface area contributed by atoms with Gasteiger partial charge in [0.1, 0.15) is 0 Å². The van der Waals surface area contributed by atoms with Crippen LogP contribution in [0.2, 0.25) is 0 Å². The Bertz CT molecular complexity index is 718. The summed E-state index contributed by atoms with van der Waals surface area (Å²) in [5, 5.41) is 9.75. The van der Waals surface area contributed by atoms with E-state index < -0.39 is 21.2 Å². The van der Waals surface area contributed by atoms with Crippen molar-refractivity contribution in [3.8, 4) is 0 Å². The molecule has 4 fully saturated rings. The Morgan fingerprint density at radius 2 is 1.81 bits per heavy atom. The summed E-state index contributed by atoms with van der Waals surface area (Å²) in [5.74, 6) is -0.354. The lowest BCUT2D eigenvalue weighted by atomic mass is 9.81. The van der Waals surface area contributed by atoms with Gasteiger partial charge < -0.3 is 10.0 Å². The van der Waals surface area contributed by atoms with Gasteiger partial charge in [-0.05, 0) is 38.0 Å². The topological polar surface area (TPSA) is 95.0 Å². The second-order valence-electron chi connectivity index (χ2n) is 9.02. The molecule has 4 aliphatic rings. The number of sulfone groups is 1. The van der Waals surface area contributed by atoms with Gasteiger partial charge in [0.05, 0.1) is 23.5 Å². The van der Waals surface area contributed by atoms with Gasteiger partial charge in [-0.3, -0.25) is 14.5 Å². The largest absolute Gasteiger partial charge is 0.481 e. The monoisotopic (exact) mass is 398 g/mol. The first-order chi connectivity index (χ1) is 12.8. The molecule has 0 bridgehead atoms. The van der Waals surface area contributed by atoms with Crippen LogP contribution in [0, 0.1) is 11.3 Å². The summed E-state index contributed by atoms with van der Waals surface area (Å²) in [5.41, 5.74) is -0.685. The fourth-order valence-corrected chi connectivity index (χ4v) is 7.73. The number of carboxylic acid groups (broad SMARTS) is 1. The molecule has 152 valence electrons. The van der Waals surface area contributed by atoms with Crippen LogP contribution in [0.25, 0.3) is 0 Å². The van der Waals surface area contributed by atoms with Crippen molar-refractivity contribution in [3.05, 3.63) is 0 Å². The Balaban J connectivity index is 1.47. The number of likely N-dealkylation sites (tertiary alicyclic amines) is 1. The van der Waals surface area contributed by atoms with Gasteiger partial charge in [0.25, 0.3) is 0 Å². The normalized spacial score (nSPS) is 36.1. The van der Waals surface area contributed by atoms with Crippen molar-refractivity contribution in [2.75, 3.05) is 31.1 Å². The highest BCUT2D eigenvalue weighted by molar-refractivity contribution is 7.91. The molecule has 0 aromatic rings. The number of carbonyl (C=O) groups excluding carboxylic acids is 1. The number of carboxylic acids is 1. The van der Waals surface area contributed by atoms with Gasteiger partial charge in [-0.2, -0.15) is 0 Å². The highest BCUT2D eigenvalue weighted by Crippen LogP contribution is 2.48. The quantitative estimate of drug-likeness (QED) is 0.746. The summed E-state index contributed by atoms with van der Waals surface area (Å²) in [4.78, 5) is 29.0. The first-order valence-electron chi connectivity index (χ1n) is 10.3. The Hall–Kier alpha value is -1.15. The molecule has 2 heterocycles. The van der Waals surface area contributed by atoms with Crippen molar-refractivity contribution >= 4 is 21.7 Å². The Morgan fingerprint density at radius 3 is 2.41 bits per heavy atom. The van der Waals surface area contributed by atoms with Crippen molar-refractivity contribution in [3.63, 3.8) is 0 Å². The number of hydrogen-bond acceptors (Lipinski definition) is 5. The van der Waals surface area contributed by atoms with Crippen LogP contribution in [0.4, 0.5) is 0 Å². The van der Waals surface area contributed by atoms with E-state index in [1.807, 2.05) is 9.80 Å². The zero-order valence-electron chi connectivity index (χ0n) is 15.8. The molecule has 0 radical (unpaired) electrons. The molecule has 1 amide bonds. The highest BCUT2D eigenvalue weighted by Gasteiger charge is 2.55. The van der Waals surface area contributed by atoms with E-state index in [0.29, 0.717) is 25.9 Å². The van der Waals surface area contributed by atoms with Crippen LogP contribution >= 0.6 is 0 Å². The van der Waals surface area contributed by atoms with Crippen LogP contribution in [0.3, 0.4) is 0 Å². The fourth-order valence-electron chi connectivity index (χ4n) is 6.02. The zero-order chi connectivity index (χ0) is 19.2. The molecule has 7 nitrogen and oxygen atoms in total. The van der Waals surface area contributed by atoms with Gasteiger partial charge in [0.2, 0.25) is 5.91 Å². The van der Waals surface area contributed by atoms with Gasteiger partial charge in [-0.15, -0.1) is 0 Å². The Morgan fingerprint density at radius 1 is 1.07 bits per heavy atom. The van der Waals surface area contributed by atoms with Gasteiger partial charge >= 0.3 is 5.97 Å². The van der Waals surface area contributed by atoms with Gasteiger partial charge in [0.15, 0.2) is 9.84 Å². The Kier molecular flexibility index (Phi) is 4.99. The highest BCUT2D eigenvalue weighted by atomic mass is 32.2. The zero-order valence-corrected chi connectivity index (χ0v) is 16.6. The third-order valence-electron chi connectivity index (χ3n) is 7.33. The van der Waals surface area contributed by atoms with Crippen molar-refractivity contribution in [2.45, 2.75) is 63.5 Å². The molecule has 2 aliphatic heterocycles. The number of rotatable bonds is 5. The summed E-state index contributed by atoms with van der Waals surface area (Å²) in [6.45, 7) is 1.33. The third-order valence-corrected chi connectivity index (χ3v) is 9.08. The van der Waals surface area contributed by atoms with E-state index in [0.717, 1.165) is 38.5 Å². The molecule has 2 saturated heterocycles. The number of nitrogens with zero attached hydrogens (tertiary/aromatic N) is 2. The maximum Gasteiger partial charge on any atom is 0.311 e. The molecule has 0 spiro atoms. The number of amides is 1. The van der Waals surface area contributed by atoms with Crippen molar-refractivity contribution in [1.29, 1.82) is 0 Å². The molecule has 27 heavy (non-hydrogen) atoms. The maximum absolute atomic E-state index is 13.2. The number of hydrogen-bond donors (Lipinski definition) is 1. The smallest absolute Gasteiger partial charge is 0.311 e. The van der Waals surface area contributed by atoms with Crippen LogP contribution < -0.4 is 0 Å². The predicted octanol–water partition coefficient (Wildman–Crippen LogP) is 1.13. The molecule has 1 N–H and O–H groups in total. The molecule has 0 aromatic carbocycles. The van der Waals surface area contributed by atoms with E-state index in [1.54, 1.807) is 0 Å². The summed E-state index contributed by atoms with van der Waals surface area (Å²) in [6, 6.07) is -0.0625. The maximum atomic E-state index is 13.2. The molecule has 0 aromatic heterocycles. The summed E-state index contributed by atoms with van der Waals surface area (Å²) in [7, 11) is -3.05. The fraction of sp³-hybridized carbons (Fsp3) is 0.895. The minimum absolute atomic E-state index is 0.00971. The minimum atomic E-state index is -3.05. The summed E-state index contributed by atoms with van der Waals surface area (Å²) < 4.78 is 23.9. The Labute approximate surface area is 161 Å². The average Bonchev–Trinajstić information content (AvgIpc) is 3.32. The van der Waals surface area contributed by atoms with Crippen LogP contribution in [-0.2, 0) is 19.4 Å². The van der Waals surface area contributed by atoms with Crippen molar-refractivity contribution < 1.29 is 23.1 Å². The standard InChI is InChI=1S/C19H30N2O5S/c22-17(11-20-10-14-4-3-8-19(14,13-20)18(23)24)21(15-5-1-2-6-15)16-7-9-27(25,26)12-16/h14-16H,1-13H2,(H,23,24)/t14-,16?,19+/m0/s1. The van der Waals surface area contributed by atoms with Crippen LogP contribution in [0.1, 0.15) is 51.4 Å². The van der Waals surface area contributed by atoms with E-state index >= 15 is 0 Å². The van der Waals surface area contributed by atoms with E-state index in [9.17, 15) is 23.1 Å². The second kappa shape index (κ2) is 7.03. The molecule has 4 rings (SSSR count). The van der Waals surface area contributed by atoms with E-state index in [-0.39, 0.29) is 42.0 Å². The van der Waals surface area contributed by atoms with E-state index in [2.05, 4.69) is 0 Å². The molecule has 3 atom stereocenters. The molecular formula is C19H30N2O5S. The average molecular weight is 399 g/mol. The predicted molar refractivity (Wildman–Crippen MR) is 100 cm³/mol. The molecule has 2 aliphatic carbocycles. The van der Waals surface area contributed by atoms with Crippen LogP contribution in [-0.4, -0.2) is 78.4 Å².